The van der Waals surface area contributed by atoms with Crippen LogP contribution >= 0.6 is 0 Å². The molecular formula is C14H20N2O3S. The van der Waals surface area contributed by atoms with Crippen LogP contribution in [0.3, 0.4) is 0 Å². The largest absolute Gasteiger partial charge is 0.326 e. The number of hydrogen-bond donors (Lipinski definition) is 2. The molecule has 1 saturated carbocycles. The number of sulfonamides is 1. The van der Waals surface area contributed by atoms with E-state index >= 15 is 0 Å². The lowest BCUT2D eigenvalue weighted by Gasteiger charge is -2.26. The molecule has 6 heteroatoms. The van der Waals surface area contributed by atoms with Gasteiger partial charge in [0, 0.05) is 11.1 Å². The lowest BCUT2D eigenvalue weighted by molar-refractivity contribution is -0.125. The topological polar surface area (TPSA) is 89.3 Å². The Hall–Kier alpha value is -1.40. The fourth-order valence-corrected chi connectivity index (χ4v) is 3.37. The third-order valence-corrected chi connectivity index (χ3v) is 5.05. The number of carbonyl (C=O) groups excluding carboxylic acids is 1. The number of carbonyl (C=O) groups is 1. The third-order valence-electron chi connectivity index (χ3n) is 4.14. The summed E-state index contributed by atoms with van der Waals surface area (Å²) in [5, 5.41) is 7.92. The fourth-order valence-electron chi connectivity index (χ4n) is 2.81. The maximum absolute atomic E-state index is 12.4. The van der Waals surface area contributed by atoms with Crippen LogP contribution in [0.5, 0.6) is 0 Å². The summed E-state index contributed by atoms with van der Waals surface area (Å²) >= 11 is 0. The molecule has 0 spiro atoms. The van der Waals surface area contributed by atoms with Gasteiger partial charge >= 0.3 is 0 Å². The fraction of sp³-hybridized carbons (Fsp3) is 0.500. The number of anilines is 1. The third kappa shape index (κ3) is 3.02. The Balaban J connectivity index is 2.20. The van der Waals surface area contributed by atoms with E-state index in [1.54, 1.807) is 12.1 Å². The van der Waals surface area contributed by atoms with Crippen molar-refractivity contribution >= 4 is 21.6 Å². The number of amides is 1. The second kappa shape index (κ2) is 5.54. The first kappa shape index (κ1) is 15.0. The molecule has 1 fully saturated rings. The quantitative estimate of drug-likeness (QED) is 0.893. The number of rotatable bonds is 4. The average molecular weight is 296 g/mol. The van der Waals surface area contributed by atoms with Gasteiger partial charge in [0.2, 0.25) is 15.9 Å². The molecule has 1 aromatic rings. The Bertz CT molecular complexity index is 605. The molecule has 0 unspecified atom stereocenters. The van der Waals surface area contributed by atoms with E-state index in [1.165, 1.54) is 12.1 Å². The molecule has 20 heavy (non-hydrogen) atoms. The van der Waals surface area contributed by atoms with Gasteiger partial charge < -0.3 is 5.32 Å². The summed E-state index contributed by atoms with van der Waals surface area (Å²) in [6, 6.07) is 6.05. The monoisotopic (exact) mass is 296 g/mol. The first-order valence-corrected chi connectivity index (χ1v) is 8.36. The van der Waals surface area contributed by atoms with Crippen molar-refractivity contribution in [3.63, 3.8) is 0 Å². The van der Waals surface area contributed by atoms with Gasteiger partial charge in [-0.25, -0.2) is 13.6 Å². The Morgan fingerprint density at radius 2 is 2.00 bits per heavy atom. The van der Waals surface area contributed by atoms with Gasteiger partial charge in [0.05, 0.1) is 4.90 Å². The molecule has 0 radical (unpaired) electrons. The minimum atomic E-state index is -3.75. The van der Waals surface area contributed by atoms with Gasteiger partial charge in [-0.1, -0.05) is 25.8 Å². The molecule has 110 valence electrons. The highest BCUT2D eigenvalue weighted by Gasteiger charge is 2.39. The molecule has 0 heterocycles. The summed E-state index contributed by atoms with van der Waals surface area (Å²) in [6.07, 6.45) is 4.72. The van der Waals surface area contributed by atoms with E-state index in [9.17, 15) is 13.2 Å². The van der Waals surface area contributed by atoms with E-state index in [-0.39, 0.29) is 16.2 Å². The molecular weight excluding hydrogens is 276 g/mol. The normalized spacial score (nSPS) is 17.9. The molecule has 1 aliphatic carbocycles. The smallest absolute Gasteiger partial charge is 0.238 e. The molecule has 0 saturated heterocycles. The van der Waals surface area contributed by atoms with Crippen molar-refractivity contribution in [1.29, 1.82) is 0 Å². The summed E-state index contributed by atoms with van der Waals surface area (Å²) < 4.78 is 22.6. The standard InChI is InChI=1S/C14H20N2O3S/c1-2-14(8-3-4-9-14)13(17)16-11-6-5-7-12(10-11)20(15,18)19/h5-7,10H,2-4,8-9H2,1H3,(H,16,17)(H2,15,18,19). The van der Waals surface area contributed by atoms with Crippen LogP contribution in [0.4, 0.5) is 5.69 Å². The van der Waals surface area contributed by atoms with Gasteiger partial charge in [-0.15, -0.1) is 0 Å². The van der Waals surface area contributed by atoms with Crippen LogP contribution in [0.1, 0.15) is 39.0 Å². The van der Waals surface area contributed by atoms with Crippen molar-refractivity contribution < 1.29 is 13.2 Å². The van der Waals surface area contributed by atoms with E-state index in [0.717, 1.165) is 32.1 Å². The number of nitrogens with one attached hydrogen (secondary N) is 1. The lowest BCUT2D eigenvalue weighted by atomic mass is 9.82. The van der Waals surface area contributed by atoms with E-state index < -0.39 is 10.0 Å². The molecule has 0 atom stereocenters. The maximum Gasteiger partial charge on any atom is 0.238 e. The second-order valence-electron chi connectivity index (χ2n) is 5.37. The number of hydrogen-bond acceptors (Lipinski definition) is 3. The van der Waals surface area contributed by atoms with Crippen molar-refractivity contribution in [3.05, 3.63) is 24.3 Å². The molecule has 0 aromatic heterocycles. The Morgan fingerprint density at radius 3 is 2.55 bits per heavy atom. The van der Waals surface area contributed by atoms with Crippen LogP contribution in [0.25, 0.3) is 0 Å². The molecule has 0 aliphatic heterocycles. The molecule has 5 nitrogen and oxygen atoms in total. The molecule has 1 aliphatic rings. The first-order chi connectivity index (χ1) is 9.37. The van der Waals surface area contributed by atoms with Gasteiger partial charge in [0.25, 0.3) is 0 Å². The summed E-state index contributed by atoms with van der Waals surface area (Å²) in [7, 11) is -3.75. The van der Waals surface area contributed by atoms with E-state index in [1.807, 2.05) is 6.92 Å². The van der Waals surface area contributed by atoms with Gasteiger partial charge in [-0.05, 0) is 37.5 Å². The number of nitrogens with two attached hydrogens (primary N) is 1. The van der Waals surface area contributed by atoms with Crippen molar-refractivity contribution in [2.24, 2.45) is 10.6 Å². The molecule has 1 aromatic carbocycles. The number of primary sulfonamides is 1. The Labute approximate surface area is 119 Å². The van der Waals surface area contributed by atoms with Crippen molar-refractivity contribution in [1.82, 2.24) is 0 Å². The predicted molar refractivity (Wildman–Crippen MR) is 77.6 cm³/mol. The van der Waals surface area contributed by atoms with Crippen LogP contribution in [0.15, 0.2) is 29.2 Å². The van der Waals surface area contributed by atoms with E-state index in [2.05, 4.69) is 5.32 Å². The van der Waals surface area contributed by atoms with E-state index in [0.29, 0.717) is 5.69 Å². The predicted octanol–water partition coefficient (Wildman–Crippen LogP) is 2.24. The van der Waals surface area contributed by atoms with Crippen LogP contribution in [-0.2, 0) is 14.8 Å². The van der Waals surface area contributed by atoms with Crippen molar-refractivity contribution in [3.8, 4) is 0 Å². The summed E-state index contributed by atoms with van der Waals surface area (Å²) in [5.74, 6) is -0.0240. The summed E-state index contributed by atoms with van der Waals surface area (Å²) in [4.78, 5) is 12.4. The highest BCUT2D eigenvalue weighted by atomic mass is 32.2. The maximum atomic E-state index is 12.4. The SMILES string of the molecule is CCC1(C(=O)Nc2cccc(S(N)(=O)=O)c2)CCCC1. The number of benzene rings is 1. The minimum absolute atomic E-state index is 0.00673. The highest BCUT2D eigenvalue weighted by molar-refractivity contribution is 7.89. The minimum Gasteiger partial charge on any atom is -0.326 e. The van der Waals surface area contributed by atoms with Gasteiger partial charge in [0.15, 0.2) is 0 Å². The lowest BCUT2D eigenvalue weighted by Crippen LogP contribution is -2.33. The zero-order valence-corrected chi connectivity index (χ0v) is 12.4. The zero-order valence-electron chi connectivity index (χ0n) is 11.6. The van der Waals surface area contributed by atoms with Crippen LogP contribution < -0.4 is 10.5 Å². The van der Waals surface area contributed by atoms with Gasteiger partial charge in [0.1, 0.15) is 0 Å². The van der Waals surface area contributed by atoms with Gasteiger partial charge in [-0.2, -0.15) is 0 Å². The molecule has 0 bridgehead atoms. The molecule has 1 amide bonds. The van der Waals surface area contributed by atoms with Gasteiger partial charge in [-0.3, -0.25) is 4.79 Å². The van der Waals surface area contributed by atoms with Crippen LogP contribution in [0.2, 0.25) is 0 Å². The molecule has 3 N–H and O–H groups in total. The first-order valence-electron chi connectivity index (χ1n) is 6.82. The zero-order chi connectivity index (χ0) is 14.8. The second-order valence-corrected chi connectivity index (χ2v) is 6.93. The van der Waals surface area contributed by atoms with Crippen molar-refractivity contribution in [2.45, 2.75) is 43.9 Å². The van der Waals surface area contributed by atoms with E-state index in [4.69, 9.17) is 5.14 Å². The Kier molecular flexibility index (Phi) is 4.15. The average Bonchev–Trinajstić information content (AvgIpc) is 2.88. The summed E-state index contributed by atoms with van der Waals surface area (Å²) in [5.41, 5.74) is 0.165. The van der Waals surface area contributed by atoms with Crippen molar-refractivity contribution in [2.75, 3.05) is 5.32 Å². The summed E-state index contributed by atoms with van der Waals surface area (Å²) in [6.45, 7) is 2.02. The van der Waals surface area contributed by atoms with Crippen LogP contribution in [0, 0.1) is 5.41 Å². The van der Waals surface area contributed by atoms with Crippen LogP contribution in [-0.4, -0.2) is 14.3 Å². The highest BCUT2D eigenvalue weighted by Crippen LogP contribution is 2.41. The molecule has 2 rings (SSSR count). The Morgan fingerprint density at radius 1 is 1.35 bits per heavy atom.